The van der Waals surface area contributed by atoms with Crippen LogP contribution in [0.3, 0.4) is 0 Å². The summed E-state index contributed by atoms with van der Waals surface area (Å²) in [5, 5.41) is 6.82. The monoisotopic (exact) mass is 299 g/mol. The van der Waals surface area contributed by atoms with E-state index < -0.39 is 0 Å². The Hall–Kier alpha value is -1.56. The minimum atomic E-state index is -0.386. The summed E-state index contributed by atoms with van der Waals surface area (Å²) in [5.74, 6) is 0.311. The highest BCUT2D eigenvalue weighted by Gasteiger charge is 2.07. The fraction of sp³-hybridized carbons (Fsp3) is 0.182. The molecule has 0 aliphatic heterocycles. The highest BCUT2D eigenvalue weighted by Crippen LogP contribution is 2.26. The van der Waals surface area contributed by atoms with Crippen molar-refractivity contribution in [2.24, 2.45) is 0 Å². The number of aryl methyl sites for hydroxylation is 1. The van der Waals surface area contributed by atoms with Gasteiger partial charge < -0.3 is 15.6 Å². The predicted octanol–water partition coefficient (Wildman–Crippen LogP) is 3.08. The van der Waals surface area contributed by atoms with E-state index in [2.05, 4.69) is 26.4 Å². The molecule has 4 nitrogen and oxygen atoms in total. The molecular weight excluding hydrogens is 289 g/mol. The van der Waals surface area contributed by atoms with E-state index in [0.29, 0.717) is 28.2 Å². The summed E-state index contributed by atoms with van der Waals surface area (Å²) in [6, 6.07) is 4.67. The third-order valence-electron chi connectivity index (χ3n) is 2.22. The second kappa shape index (κ2) is 4.75. The van der Waals surface area contributed by atoms with Gasteiger partial charge in [-0.2, -0.15) is 0 Å². The molecule has 90 valence electrons. The van der Waals surface area contributed by atoms with Crippen LogP contribution >= 0.6 is 15.9 Å². The third kappa shape index (κ3) is 2.76. The molecule has 0 radical (unpaired) electrons. The average Bonchev–Trinajstić information content (AvgIpc) is 2.68. The molecule has 0 amide bonds. The zero-order valence-electron chi connectivity index (χ0n) is 9.13. The highest BCUT2D eigenvalue weighted by atomic mass is 79.9. The molecule has 2 aromatic rings. The van der Waals surface area contributed by atoms with Crippen LogP contribution in [0.2, 0.25) is 0 Å². The largest absolute Gasteiger partial charge is 0.397 e. The van der Waals surface area contributed by atoms with Crippen molar-refractivity contribution in [2.75, 3.05) is 11.1 Å². The molecule has 0 unspecified atom stereocenters. The Morgan fingerprint density at radius 1 is 1.47 bits per heavy atom. The lowest BCUT2D eigenvalue weighted by molar-refractivity contribution is 0.384. The van der Waals surface area contributed by atoms with Crippen LogP contribution in [0.15, 0.2) is 27.2 Å². The minimum Gasteiger partial charge on any atom is -0.397 e. The second-order valence-corrected chi connectivity index (χ2v) is 4.50. The quantitative estimate of drug-likeness (QED) is 0.855. The van der Waals surface area contributed by atoms with Gasteiger partial charge in [-0.15, -0.1) is 0 Å². The van der Waals surface area contributed by atoms with Crippen LogP contribution in [0.1, 0.15) is 11.5 Å². The number of hydrogen-bond donors (Lipinski definition) is 2. The van der Waals surface area contributed by atoms with Gasteiger partial charge in [0.25, 0.3) is 0 Å². The second-order valence-electron chi connectivity index (χ2n) is 3.64. The molecule has 6 heteroatoms. The maximum Gasteiger partial charge on any atom is 0.156 e. The van der Waals surface area contributed by atoms with Crippen molar-refractivity contribution in [1.82, 2.24) is 5.16 Å². The minimum absolute atomic E-state index is 0.349. The van der Waals surface area contributed by atoms with Gasteiger partial charge in [-0.1, -0.05) is 5.16 Å². The Kier molecular flexibility index (Phi) is 3.33. The highest BCUT2D eigenvalue weighted by molar-refractivity contribution is 9.10. The van der Waals surface area contributed by atoms with Crippen LogP contribution < -0.4 is 11.1 Å². The number of nitrogens with one attached hydrogen (secondary N) is 1. The van der Waals surface area contributed by atoms with Crippen LogP contribution in [0, 0.1) is 12.7 Å². The van der Waals surface area contributed by atoms with Crippen molar-refractivity contribution in [3.63, 3.8) is 0 Å². The fourth-order valence-electron chi connectivity index (χ4n) is 1.40. The van der Waals surface area contributed by atoms with Gasteiger partial charge in [-0.3, -0.25) is 0 Å². The van der Waals surface area contributed by atoms with Crippen molar-refractivity contribution in [3.8, 4) is 0 Å². The van der Waals surface area contributed by atoms with Gasteiger partial charge in [0.2, 0.25) is 0 Å². The Balaban J connectivity index is 2.11. The summed E-state index contributed by atoms with van der Waals surface area (Å²) in [6.07, 6.45) is 0. The van der Waals surface area contributed by atoms with Gasteiger partial charge in [0, 0.05) is 12.1 Å². The first-order chi connectivity index (χ1) is 8.06. The number of anilines is 2. The zero-order valence-corrected chi connectivity index (χ0v) is 10.7. The summed E-state index contributed by atoms with van der Waals surface area (Å²) in [6.45, 7) is 2.29. The number of nitrogens with two attached hydrogens (primary N) is 1. The fourth-order valence-corrected chi connectivity index (χ4v) is 1.74. The van der Waals surface area contributed by atoms with E-state index in [1.807, 2.05) is 13.0 Å². The van der Waals surface area contributed by atoms with Crippen molar-refractivity contribution >= 4 is 27.3 Å². The maximum absolute atomic E-state index is 13.1. The molecule has 17 heavy (non-hydrogen) atoms. The van der Waals surface area contributed by atoms with E-state index in [1.54, 1.807) is 6.07 Å². The molecule has 0 bridgehead atoms. The van der Waals surface area contributed by atoms with E-state index in [9.17, 15) is 4.39 Å². The SMILES string of the molecule is Cc1cc(CNc2cc(Br)c(F)cc2N)on1. The van der Waals surface area contributed by atoms with Gasteiger partial charge in [0.1, 0.15) is 5.82 Å². The standard InChI is InChI=1S/C11H11BrFN3O/c1-6-2-7(17-16-6)5-15-11-3-8(12)9(13)4-10(11)14/h2-4,15H,5,14H2,1H3. The Morgan fingerprint density at radius 2 is 2.24 bits per heavy atom. The van der Waals surface area contributed by atoms with E-state index in [1.165, 1.54) is 6.07 Å². The van der Waals surface area contributed by atoms with E-state index >= 15 is 0 Å². The molecule has 0 aliphatic carbocycles. The van der Waals surface area contributed by atoms with Crippen LogP contribution in [0.4, 0.5) is 15.8 Å². The lowest BCUT2D eigenvalue weighted by Crippen LogP contribution is -2.02. The molecule has 0 atom stereocenters. The summed E-state index contributed by atoms with van der Waals surface area (Å²) in [4.78, 5) is 0. The van der Waals surface area contributed by atoms with Crippen molar-refractivity contribution in [2.45, 2.75) is 13.5 Å². The van der Waals surface area contributed by atoms with Crippen LogP contribution in [-0.4, -0.2) is 5.16 Å². The molecule has 2 rings (SSSR count). The van der Waals surface area contributed by atoms with Gasteiger partial charge >= 0.3 is 0 Å². The number of nitrogen functional groups attached to an aromatic ring is 1. The molecule has 1 heterocycles. The van der Waals surface area contributed by atoms with Gasteiger partial charge in [-0.25, -0.2) is 4.39 Å². The summed E-state index contributed by atoms with van der Waals surface area (Å²) >= 11 is 3.10. The molecule has 0 aliphatic rings. The molecule has 0 saturated carbocycles. The molecule has 0 spiro atoms. The van der Waals surface area contributed by atoms with E-state index in [-0.39, 0.29) is 5.82 Å². The average molecular weight is 300 g/mol. The number of hydrogen-bond acceptors (Lipinski definition) is 4. The summed E-state index contributed by atoms with van der Waals surface area (Å²) in [7, 11) is 0. The number of aromatic nitrogens is 1. The molecule has 1 aromatic heterocycles. The van der Waals surface area contributed by atoms with Crippen LogP contribution in [0.5, 0.6) is 0 Å². The normalized spacial score (nSPS) is 10.5. The van der Waals surface area contributed by atoms with Crippen LogP contribution in [0.25, 0.3) is 0 Å². The first-order valence-electron chi connectivity index (χ1n) is 4.97. The van der Waals surface area contributed by atoms with Crippen molar-refractivity contribution < 1.29 is 8.91 Å². The Labute approximate surface area is 106 Å². The first-order valence-corrected chi connectivity index (χ1v) is 5.76. The molecule has 0 fully saturated rings. The van der Waals surface area contributed by atoms with Gasteiger partial charge in [-0.05, 0) is 28.9 Å². The molecular formula is C11H11BrFN3O. The van der Waals surface area contributed by atoms with Crippen LogP contribution in [-0.2, 0) is 6.54 Å². The lowest BCUT2D eigenvalue weighted by atomic mass is 10.2. The molecule has 0 saturated heterocycles. The number of rotatable bonds is 3. The third-order valence-corrected chi connectivity index (χ3v) is 2.83. The van der Waals surface area contributed by atoms with Gasteiger partial charge in [0.05, 0.1) is 28.1 Å². The van der Waals surface area contributed by atoms with Crippen molar-refractivity contribution in [1.29, 1.82) is 0 Å². The van der Waals surface area contributed by atoms with E-state index in [4.69, 9.17) is 10.3 Å². The smallest absolute Gasteiger partial charge is 0.156 e. The molecule has 3 N–H and O–H groups in total. The Bertz CT molecular complexity index is 542. The van der Waals surface area contributed by atoms with E-state index in [0.717, 1.165) is 5.69 Å². The number of benzene rings is 1. The topological polar surface area (TPSA) is 64.1 Å². The number of halogens is 2. The Morgan fingerprint density at radius 3 is 2.88 bits per heavy atom. The van der Waals surface area contributed by atoms with Gasteiger partial charge in [0.15, 0.2) is 5.76 Å². The summed E-state index contributed by atoms with van der Waals surface area (Å²) in [5.41, 5.74) is 7.50. The maximum atomic E-state index is 13.1. The number of nitrogens with zero attached hydrogens (tertiary/aromatic N) is 1. The first kappa shape index (κ1) is 11.9. The lowest BCUT2D eigenvalue weighted by Gasteiger charge is -2.08. The predicted molar refractivity (Wildman–Crippen MR) is 67.1 cm³/mol. The van der Waals surface area contributed by atoms with Crippen molar-refractivity contribution in [3.05, 3.63) is 39.9 Å². The summed E-state index contributed by atoms with van der Waals surface area (Å²) < 4.78 is 18.5. The molecule has 1 aromatic carbocycles. The zero-order chi connectivity index (χ0) is 12.4.